The summed E-state index contributed by atoms with van der Waals surface area (Å²) in [5.41, 5.74) is 14.6. The van der Waals surface area contributed by atoms with Crippen LogP contribution in [0.1, 0.15) is 112 Å². The van der Waals surface area contributed by atoms with Gasteiger partial charge in [-0.05, 0) is 91.8 Å². The summed E-state index contributed by atoms with van der Waals surface area (Å²) in [5.74, 6) is 0.980. The molecule has 0 radical (unpaired) electrons. The molecule has 4 amide bonds. The molecule has 4 rings (SSSR count). The van der Waals surface area contributed by atoms with Gasteiger partial charge in [-0.15, -0.1) is 0 Å². The Morgan fingerprint density at radius 3 is 2.06 bits per heavy atom. The van der Waals surface area contributed by atoms with Gasteiger partial charge in [-0.1, -0.05) is 49.4 Å². The van der Waals surface area contributed by atoms with Crippen LogP contribution in [0, 0.1) is 0 Å². The van der Waals surface area contributed by atoms with Crippen LogP contribution in [0.5, 0.6) is 11.5 Å². The molecule has 13 heteroatoms. The average molecular weight is 727 g/mol. The lowest BCUT2D eigenvalue weighted by atomic mass is 9.97. The molecule has 0 saturated heterocycles. The van der Waals surface area contributed by atoms with Gasteiger partial charge in [-0.3, -0.25) is 19.2 Å². The van der Waals surface area contributed by atoms with Gasteiger partial charge in [0, 0.05) is 48.2 Å². The first-order valence-electron chi connectivity index (χ1n) is 18.1. The standard InChI is InChI=1S/C40H50N6O7/c1-51-33-21-19-31(26-34(33)52-2)40-45-35(46-53-40)24-27-14-16-28(17-15-27)39(50)44-23-11-6-3-4-9-13-36(47)43-22-10-7-5-8-12-29-25-30(37(41)48)18-20-32(29)38(42)49/h14-21,25-26H,3-13,22-24H2,1-2H3,(H2,41,48)(H2,42,49)(H,43,47)(H,44,50). The fourth-order valence-corrected chi connectivity index (χ4v) is 5.92. The molecule has 13 nitrogen and oxygen atoms in total. The zero-order valence-electron chi connectivity index (χ0n) is 30.6. The van der Waals surface area contributed by atoms with Gasteiger partial charge in [0.05, 0.1) is 14.2 Å². The number of methoxy groups -OCH3 is 2. The topological polar surface area (TPSA) is 202 Å². The molecule has 0 atom stereocenters. The van der Waals surface area contributed by atoms with E-state index < -0.39 is 11.8 Å². The first-order valence-corrected chi connectivity index (χ1v) is 18.1. The number of hydrogen-bond donors (Lipinski definition) is 4. The number of aryl methyl sites for hydroxylation is 1. The molecule has 0 spiro atoms. The van der Waals surface area contributed by atoms with Gasteiger partial charge in [-0.25, -0.2) is 0 Å². The minimum atomic E-state index is -0.540. The maximum absolute atomic E-state index is 12.6. The van der Waals surface area contributed by atoms with Crippen molar-refractivity contribution >= 4 is 23.6 Å². The molecule has 53 heavy (non-hydrogen) atoms. The van der Waals surface area contributed by atoms with Crippen molar-refractivity contribution in [2.24, 2.45) is 11.5 Å². The molecule has 0 aliphatic rings. The second kappa shape index (κ2) is 21.0. The Labute approximate surface area is 310 Å². The van der Waals surface area contributed by atoms with Crippen molar-refractivity contribution in [1.82, 2.24) is 20.8 Å². The largest absolute Gasteiger partial charge is 0.493 e. The van der Waals surface area contributed by atoms with Crippen molar-refractivity contribution < 1.29 is 33.2 Å². The molecule has 0 aliphatic heterocycles. The summed E-state index contributed by atoms with van der Waals surface area (Å²) in [6, 6.07) is 17.5. The highest BCUT2D eigenvalue weighted by atomic mass is 16.5. The Morgan fingerprint density at radius 1 is 0.698 bits per heavy atom. The summed E-state index contributed by atoms with van der Waals surface area (Å²) in [5, 5.41) is 10.1. The van der Waals surface area contributed by atoms with Crippen LogP contribution in [0.3, 0.4) is 0 Å². The summed E-state index contributed by atoms with van der Waals surface area (Å²) >= 11 is 0. The number of amides is 4. The van der Waals surface area contributed by atoms with E-state index in [2.05, 4.69) is 20.8 Å². The lowest BCUT2D eigenvalue weighted by Gasteiger charge is -2.09. The molecule has 0 fully saturated rings. The minimum absolute atomic E-state index is 0.0642. The average Bonchev–Trinajstić information content (AvgIpc) is 3.63. The number of unbranched alkanes of at least 4 members (excludes halogenated alkanes) is 7. The van der Waals surface area contributed by atoms with Gasteiger partial charge in [0.25, 0.3) is 11.8 Å². The first kappa shape index (κ1) is 40.1. The van der Waals surface area contributed by atoms with E-state index in [1.54, 1.807) is 50.6 Å². The summed E-state index contributed by atoms with van der Waals surface area (Å²) < 4.78 is 16.1. The fourth-order valence-electron chi connectivity index (χ4n) is 5.92. The van der Waals surface area contributed by atoms with Crippen molar-refractivity contribution in [2.45, 2.75) is 77.0 Å². The van der Waals surface area contributed by atoms with E-state index in [0.717, 1.165) is 74.5 Å². The number of hydrogen-bond acceptors (Lipinski definition) is 9. The van der Waals surface area contributed by atoms with Crippen LogP contribution in [0.4, 0.5) is 0 Å². The zero-order valence-corrected chi connectivity index (χ0v) is 30.6. The quantitative estimate of drug-likeness (QED) is 0.0709. The Kier molecular flexibility index (Phi) is 15.8. The highest BCUT2D eigenvalue weighted by Gasteiger charge is 2.14. The molecule has 6 N–H and O–H groups in total. The summed E-state index contributed by atoms with van der Waals surface area (Å²) in [4.78, 5) is 52.5. The Balaban J connectivity index is 1.01. The van der Waals surface area contributed by atoms with E-state index in [4.69, 9.17) is 25.5 Å². The van der Waals surface area contributed by atoms with Crippen molar-refractivity contribution in [1.29, 1.82) is 0 Å². The third-order valence-corrected chi connectivity index (χ3v) is 8.89. The smallest absolute Gasteiger partial charge is 0.258 e. The van der Waals surface area contributed by atoms with Gasteiger partial charge in [0.2, 0.25) is 17.7 Å². The number of carbonyl (C=O) groups excluding carboxylic acids is 4. The number of primary amides is 2. The van der Waals surface area contributed by atoms with Crippen molar-refractivity contribution in [3.05, 3.63) is 94.3 Å². The number of nitrogens with zero attached hydrogens (tertiary/aromatic N) is 2. The van der Waals surface area contributed by atoms with E-state index in [1.807, 2.05) is 18.2 Å². The van der Waals surface area contributed by atoms with Crippen molar-refractivity contribution in [2.75, 3.05) is 27.3 Å². The van der Waals surface area contributed by atoms with E-state index in [1.165, 1.54) is 6.07 Å². The number of nitrogens with one attached hydrogen (secondary N) is 2. The number of aromatic nitrogens is 2. The molecular weight excluding hydrogens is 676 g/mol. The van der Waals surface area contributed by atoms with Crippen LogP contribution in [0.15, 0.2) is 65.2 Å². The highest BCUT2D eigenvalue weighted by Crippen LogP contribution is 2.31. The van der Waals surface area contributed by atoms with Crippen LogP contribution in [-0.2, 0) is 17.6 Å². The van der Waals surface area contributed by atoms with Crippen molar-refractivity contribution in [3.8, 4) is 23.0 Å². The Morgan fingerprint density at radius 2 is 1.36 bits per heavy atom. The molecule has 0 bridgehead atoms. The van der Waals surface area contributed by atoms with Gasteiger partial charge >= 0.3 is 0 Å². The monoisotopic (exact) mass is 726 g/mol. The normalized spacial score (nSPS) is 10.8. The van der Waals surface area contributed by atoms with Gasteiger partial charge in [0.1, 0.15) is 0 Å². The fraction of sp³-hybridized carbons (Fsp3) is 0.400. The second-order valence-corrected chi connectivity index (χ2v) is 12.8. The van der Waals surface area contributed by atoms with Crippen LogP contribution in [0.2, 0.25) is 0 Å². The molecule has 0 aliphatic carbocycles. The maximum atomic E-state index is 12.6. The van der Waals surface area contributed by atoms with E-state index in [9.17, 15) is 19.2 Å². The highest BCUT2D eigenvalue weighted by molar-refractivity contribution is 5.98. The Hall–Kier alpha value is -5.72. The third kappa shape index (κ3) is 12.8. The van der Waals surface area contributed by atoms with Crippen LogP contribution in [-0.4, -0.2) is 61.1 Å². The molecular formula is C40H50N6O7. The van der Waals surface area contributed by atoms with Gasteiger partial charge in [0.15, 0.2) is 17.3 Å². The number of ether oxygens (including phenoxy) is 2. The van der Waals surface area contributed by atoms with E-state index in [0.29, 0.717) is 72.3 Å². The predicted molar refractivity (Wildman–Crippen MR) is 201 cm³/mol. The number of benzene rings is 3. The van der Waals surface area contributed by atoms with Crippen molar-refractivity contribution in [3.63, 3.8) is 0 Å². The lowest BCUT2D eigenvalue weighted by molar-refractivity contribution is -0.121. The molecule has 0 unspecified atom stereocenters. The summed E-state index contributed by atoms with van der Waals surface area (Å²) in [6.45, 7) is 1.22. The van der Waals surface area contributed by atoms with Gasteiger partial charge < -0.3 is 36.1 Å². The van der Waals surface area contributed by atoms with Gasteiger partial charge in [-0.2, -0.15) is 4.98 Å². The molecule has 1 aromatic heterocycles. The zero-order chi connectivity index (χ0) is 38.0. The molecule has 4 aromatic rings. The third-order valence-electron chi connectivity index (χ3n) is 8.89. The minimum Gasteiger partial charge on any atom is -0.493 e. The molecule has 3 aromatic carbocycles. The SMILES string of the molecule is COc1ccc(-c2nc(Cc3ccc(C(=O)NCCCCCCCC(=O)NCCCCCCc4cc(C(N)=O)ccc4C(N)=O)cc3)no2)cc1OC. The molecule has 0 saturated carbocycles. The van der Waals surface area contributed by atoms with Crippen LogP contribution >= 0.6 is 0 Å². The number of nitrogens with two attached hydrogens (primary N) is 2. The van der Waals surface area contributed by atoms with E-state index in [-0.39, 0.29) is 11.8 Å². The summed E-state index contributed by atoms with van der Waals surface area (Å²) in [6.07, 6.45) is 9.81. The lowest BCUT2D eigenvalue weighted by Crippen LogP contribution is -2.24. The molecule has 1 heterocycles. The second-order valence-electron chi connectivity index (χ2n) is 12.8. The first-order chi connectivity index (χ1) is 25.7. The number of carbonyl (C=O) groups is 4. The van der Waals surface area contributed by atoms with Crippen LogP contribution in [0.25, 0.3) is 11.5 Å². The van der Waals surface area contributed by atoms with Crippen LogP contribution < -0.4 is 31.6 Å². The number of rotatable bonds is 23. The van der Waals surface area contributed by atoms with E-state index >= 15 is 0 Å². The molecule has 282 valence electrons. The predicted octanol–water partition coefficient (Wildman–Crippen LogP) is 5.53. The maximum Gasteiger partial charge on any atom is 0.258 e. The Bertz CT molecular complexity index is 1820. The summed E-state index contributed by atoms with van der Waals surface area (Å²) in [7, 11) is 3.14.